The largest absolute Gasteiger partial charge is 0.495 e. The van der Waals surface area contributed by atoms with E-state index in [9.17, 15) is 4.79 Å². The molecule has 0 saturated carbocycles. The molecule has 2 aromatic carbocycles. The molecule has 2 aromatic rings. The third-order valence-corrected chi connectivity index (χ3v) is 3.10. The van der Waals surface area contributed by atoms with E-state index in [1.165, 1.54) is 7.11 Å². The SMILES string of the molecule is COc1cc(C(=O)Nc2cc(C)ccc2OC)ccc1N. The number of amides is 1. The molecular formula is C16H18N2O3. The lowest BCUT2D eigenvalue weighted by molar-refractivity contribution is 0.102. The summed E-state index contributed by atoms with van der Waals surface area (Å²) >= 11 is 0. The second kappa shape index (κ2) is 6.17. The van der Waals surface area contributed by atoms with Gasteiger partial charge in [0.1, 0.15) is 11.5 Å². The van der Waals surface area contributed by atoms with Crippen LogP contribution < -0.4 is 20.5 Å². The Morgan fingerprint density at radius 2 is 1.76 bits per heavy atom. The molecule has 0 bridgehead atoms. The normalized spacial score (nSPS) is 10.0. The van der Waals surface area contributed by atoms with Crippen LogP contribution >= 0.6 is 0 Å². The van der Waals surface area contributed by atoms with Gasteiger partial charge >= 0.3 is 0 Å². The summed E-state index contributed by atoms with van der Waals surface area (Å²) in [6.07, 6.45) is 0. The Labute approximate surface area is 123 Å². The van der Waals surface area contributed by atoms with Crippen molar-refractivity contribution in [2.24, 2.45) is 0 Å². The molecule has 0 radical (unpaired) electrons. The Hall–Kier alpha value is -2.69. The molecule has 5 nitrogen and oxygen atoms in total. The molecule has 0 spiro atoms. The summed E-state index contributed by atoms with van der Waals surface area (Å²) in [5.41, 5.74) is 8.34. The van der Waals surface area contributed by atoms with Gasteiger partial charge in [0.2, 0.25) is 0 Å². The molecule has 110 valence electrons. The number of hydrogen-bond donors (Lipinski definition) is 2. The fraction of sp³-hybridized carbons (Fsp3) is 0.188. The summed E-state index contributed by atoms with van der Waals surface area (Å²) in [4.78, 5) is 12.3. The average molecular weight is 286 g/mol. The lowest BCUT2D eigenvalue weighted by Gasteiger charge is -2.12. The van der Waals surface area contributed by atoms with Gasteiger partial charge in [-0.3, -0.25) is 4.79 Å². The summed E-state index contributed by atoms with van der Waals surface area (Å²) in [7, 11) is 3.07. The zero-order chi connectivity index (χ0) is 15.4. The summed E-state index contributed by atoms with van der Waals surface area (Å²) in [5, 5.41) is 2.83. The highest BCUT2D eigenvalue weighted by atomic mass is 16.5. The number of anilines is 2. The predicted molar refractivity (Wildman–Crippen MR) is 83.1 cm³/mol. The van der Waals surface area contributed by atoms with Crippen LogP contribution in [0.5, 0.6) is 11.5 Å². The zero-order valence-electron chi connectivity index (χ0n) is 12.3. The van der Waals surface area contributed by atoms with E-state index in [2.05, 4.69) is 5.32 Å². The van der Waals surface area contributed by atoms with Gasteiger partial charge in [-0.15, -0.1) is 0 Å². The summed E-state index contributed by atoms with van der Waals surface area (Å²) in [5.74, 6) is 0.826. The van der Waals surface area contributed by atoms with E-state index in [0.717, 1.165) is 5.56 Å². The Morgan fingerprint density at radius 1 is 1.05 bits per heavy atom. The minimum Gasteiger partial charge on any atom is -0.495 e. The van der Waals surface area contributed by atoms with Gasteiger partial charge in [-0.25, -0.2) is 0 Å². The highest BCUT2D eigenvalue weighted by Gasteiger charge is 2.12. The third-order valence-electron chi connectivity index (χ3n) is 3.10. The Balaban J connectivity index is 2.28. The van der Waals surface area contributed by atoms with Gasteiger partial charge < -0.3 is 20.5 Å². The molecule has 3 N–H and O–H groups in total. The van der Waals surface area contributed by atoms with Crippen molar-refractivity contribution in [2.75, 3.05) is 25.3 Å². The smallest absolute Gasteiger partial charge is 0.255 e. The number of ether oxygens (including phenoxy) is 2. The molecule has 0 atom stereocenters. The molecule has 1 amide bonds. The molecule has 2 rings (SSSR count). The van der Waals surface area contributed by atoms with Crippen LogP contribution in [0, 0.1) is 6.92 Å². The van der Waals surface area contributed by atoms with E-state index in [-0.39, 0.29) is 5.91 Å². The Kier molecular flexibility index (Phi) is 4.33. The fourth-order valence-corrected chi connectivity index (χ4v) is 1.97. The second-order valence-corrected chi connectivity index (χ2v) is 4.61. The fourth-order valence-electron chi connectivity index (χ4n) is 1.97. The van der Waals surface area contributed by atoms with Gasteiger partial charge in [0.15, 0.2) is 0 Å². The van der Waals surface area contributed by atoms with Crippen LogP contribution in [0.3, 0.4) is 0 Å². The second-order valence-electron chi connectivity index (χ2n) is 4.61. The minimum absolute atomic E-state index is 0.253. The number of benzene rings is 2. The molecule has 21 heavy (non-hydrogen) atoms. The third kappa shape index (κ3) is 3.25. The quantitative estimate of drug-likeness (QED) is 0.848. The number of hydrogen-bond acceptors (Lipinski definition) is 4. The number of carbonyl (C=O) groups excluding carboxylic acids is 1. The van der Waals surface area contributed by atoms with Crippen molar-refractivity contribution in [1.82, 2.24) is 0 Å². The van der Waals surface area contributed by atoms with Crippen LogP contribution in [0.4, 0.5) is 11.4 Å². The van der Waals surface area contributed by atoms with Crippen LogP contribution in [0.2, 0.25) is 0 Å². The minimum atomic E-state index is -0.253. The number of nitrogens with two attached hydrogens (primary N) is 1. The Bertz CT molecular complexity index is 669. The number of carbonyl (C=O) groups is 1. The van der Waals surface area contributed by atoms with E-state index < -0.39 is 0 Å². The van der Waals surface area contributed by atoms with Crippen molar-refractivity contribution < 1.29 is 14.3 Å². The zero-order valence-corrected chi connectivity index (χ0v) is 12.3. The number of methoxy groups -OCH3 is 2. The molecule has 0 aromatic heterocycles. The molecule has 5 heteroatoms. The number of nitrogens with one attached hydrogen (secondary N) is 1. The van der Waals surface area contributed by atoms with Crippen molar-refractivity contribution in [3.63, 3.8) is 0 Å². The van der Waals surface area contributed by atoms with Crippen molar-refractivity contribution in [3.8, 4) is 11.5 Å². The Morgan fingerprint density at radius 3 is 2.43 bits per heavy atom. The van der Waals surface area contributed by atoms with Gasteiger partial charge in [-0.1, -0.05) is 6.07 Å². The summed E-state index contributed by atoms with van der Waals surface area (Å²) in [6.45, 7) is 1.95. The molecular weight excluding hydrogens is 268 g/mol. The monoisotopic (exact) mass is 286 g/mol. The lowest BCUT2D eigenvalue weighted by Crippen LogP contribution is -2.13. The van der Waals surface area contributed by atoms with Crippen molar-refractivity contribution >= 4 is 17.3 Å². The first-order valence-corrected chi connectivity index (χ1v) is 6.44. The van der Waals surface area contributed by atoms with Gasteiger partial charge in [0, 0.05) is 5.56 Å². The first-order chi connectivity index (χ1) is 10.0. The molecule has 0 unspecified atom stereocenters. The number of rotatable bonds is 4. The molecule has 0 heterocycles. The van der Waals surface area contributed by atoms with Gasteiger partial charge in [-0.2, -0.15) is 0 Å². The first-order valence-electron chi connectivity index (χ1n) is 6.44. The maximum Gasteiger partial charge on any atom is 0.255 e. The van der Waals surface area contributed by atoms with E-state index in [1.807, 2.05) is 25.1 Å². The van der Waals surface area contributed by atoms with Crippen LogP contribution in [-0.2, 0) is 0 Å². The number of aryl methyl sites for hydroxylation is 1. The van der Waals surface area contributed by atoms with Crippen LogP contribution in [-0.4, -0.2) is 20.1 Å². The van der Waals surface area contributed by atoms with Crippen molar-refractivity contribution in [1.29, 1.82) is 0 Å². The molecule has 0 fully saturated rings. The lowest BCUT2D eigenvalue weighted by atomic mass is 10.1. The van der Waals surface area contributed by atoms with Crippen molar-refractivity contribution in [3.05, 3.63) is 47.5 Å². The summed E-state index contributed by atoms with van der Waals surface area (Å²) < 4.78 is 10.4. The molecule has 0 aliphatic carbocycles. The standard InChI is InChI=1S/C16H18N2O3/c1-10-4-7-14(20-2)13(8-10)18-16(19)11-5-6-12(17)15(9-11)21-3/h4-9H,17H2,1-3H3,(H,18,19). The van der Waals surface area contributed by atoms with E-state index in [4.69, 9.17) is 15.2 Å². The number of nitrogen functional groups attached to an aromatic ring is 1. The van der Waals surface area contributed by atoms with Crippen LogP contribution in [0.1, 0.15) is 15.9 Å². The highest BCUT2D eigenvalue weighted by Crippen LogP contribution is 2.27. The van der Waals surface area contributed by atoms with Crippen LogP contribution in [0.25, 0.3) is 0 Å². The van der Waals surface area contributed by atoms with E-state index in [1.54, 1.807) is 25.3 Å². The van der Waals surface area contributed by atoms with Crippen LogP contribution in [0.15, 0.2) is 36.4 Å². The predicted octanol–water partition coefficient (Wildman–Crippen LogP) is 2.85. The maximum atomic E-state index is 12.3. The average Bonchev–Trinajstić information content (AvgIpc) is 2.48. The molecule has 0 aliphatic heterocycles. The van der Waals surface area contributed by atoms with Gasteiger partial charge in [0.25, 0.3) is 5.91 Å². The van der Waals surface area contributed by atoms with Gasteiger partial charge in [0.05, 0.1) is 25.6 Å². The first kappa shape index (κ1) is 14.7. The van der Waals surface area contributed by atoms with E-state index in [0.29, 0.717) is 28.4 Å². The van der Waals surface area contributed by atoms with Gasteiger partial charge in [-0.05, 0) is 42.8 Å². The molecule has 0 aliphatic rings. The van der Waals surface area contributed by atoms with Crippen molar-refractivity contribution in [2.45, 2.75) is 6.92 Å². The summed E-state index contributed by atoms with van der Waals surface area (Å²) in [6, 6.07) is 10.5. The van der Waals surface area contributed by atoms with E-state index >= 15 is 0 Å². The molecule has 0 saturated heterocycles. The highest BCUT2D eigenvalue weighted by molar-refractivity contribution is 6.05. The topological polar surface area (TPSA) is 73.6 Å². The maximum absolute atomic E-state index is 12.3.